The second-order valence-electron chi connectivity index (χ2n) is 6.57. The van der Waals surface area contributed by atoms with Gasteiger partial charge in [0.2, 0.25) is 10.0 Å². The van der Waals surface area contributed by atoms with Crippen molar-refractivity contribution in [1.82, 2.24) is 10.6 Å². The molecule has 7 nitrogen and oxygen atoms in total. The third kappa shape index (κ3) is 7.86. The maximum Gasteiger partial charge on any atom is 0.387 e. The lowest BCUT2D eigenvalue weighted by Crippen LogP contribution is -2.37. The minimum atomic E-state index is -3.41. The van der Waals surface area contributed by atoms with Crippen LogP contribution in [0.4, 0.5) is 14.5 Å². The Bertz CT molecular complexity index is 982. The van der Waals surface area contributed by atoms with Gasteiger partial charge in [-0.15, -0.1) is 0 Å². The van der Waals surface area contributed by atoms with Crippen molar-refractivity contribution >= 4 is 21.7 Å². The largest absolute Gasteiger partial charge is 0.434 e. The molecule has 0 heterocycles. The number of sulfonamides is 1. The van der Waals surface area contributed by atoms with Crippen molar-refractivity contribution in [2.45, 2.75) is 33.5 Å². The van der Waals surface area contributed by atoms with Gasteiger partial charge in [0, 0.05) is 18.7 Å². The van der Waals surface area contributed by atoms with Gasteiger partial charge in [-0.2, -0.15) is 8.78 Å². The van der Waals surface area contributed by atoms with Crippen molar-refractivity contribution in [1.29, 1.82) is 0 Å². The van der Waals surface area contributed by atoms with Crippen molar-refractivity contribution in [2.75, 3.05) is 17.5 Å². The molecule has 0 fully saturated rings. The van der Waals surface area contributed by atoms with Crippen molar-refractivity contribution < 1.29 is 21.9 Å². The monoisotopic (exact) mass is 440 g/mol. The van der Waals surface area contributed by atoms with Gasteiger partial charge in [0.25, 0.3) is 0 Å². The van der Waals surface area contributed by atoms with Gasteiger partial charge in [-0.3, -0.25) is 4.72 Å². The Morgan fingerprint density at radius 2 is 1.87 bits per heavy atom. The number of alkyl halides is 2. The van der Waals surface area contributed by atoms with Crippen LogP contribution in [0.25, 0.3) is 0 Å². The molecule has 0 unspecified atom stereocenters. The van der Waals surface area contributed by atoms with Gasteiger partial charge in [-0.25, -0.2) is 13.4 Å². The minimum absolute atomic E-state index is 0.0814. The third-order valence-electron chi connectivity index (χ3n) is 3.94. The Morgan fingerprint density at radius 3 is 2.53 bits per heavy atom. The van der Waals surface area contributed by atoms with E-state index in [0.717, 1.165) is 17.4 Å². The number of para-hydroxylation sites is 1. The molecule has 0 aliphatic heterocycles. The van der Waals surface area contributed by atoms with Crippen LogP contribution in [0.5, 0.6) is 5.75 Å². The molecule has 0 amide bonds. The summed E-state index contributed by atoms with van der Waals surface area (Å²) in [4.78, 5) is 4.44. The number of nitrogens with one attached hydrogen (secondary N) is 3. The first-order chi connectivity index (χ1) is 14.2. The first-order valence-electron chi connectivity index (χ1n) is 9.30. The first kappa shape index (κ1) is 23.4. The quantitative estimate of drug-likeness (QED) is 0.411. The van der Waals surface area contributed by atoms with E-state index in [0.29, 0.717) is 30.3 Å². The molecular weight excluding hydrogens is 414 g/mol. The molecule has 0 bridgehead atoms. The van der Waals surface area contributed by atoms with Gasteiger partial charge in [0.05, 0.1) is 18.5 Å². The molecular formula is C20H26F2N4O3S. The summed E-state index contributed by atoms with van der Waals surface area (Å²) in [5.41, 5.74) is 2.63. The highest BCUT2D eigenvalue weighted by molar-refractivity contribution is 7.92. The van der Waals surface area contributed by atoms with Gasteiger partial charge in [0.15, 0.2) is 5.96 Å². The lowest BCUT2D eigenvalue weighted by Gasteiger charge is -2.15. The highest BCUT2D eigenvalue weighted by Gasteiger charge is 2.11. The molecule has 2 aromatic carbocycles. The van der Waals surface area contributed by atoms with Crippen molar-refractivity contribution in [3.05, 3.63) is 59.2 Å². The fourth-order valence-corrected chi connectivity index (χ4v) is 3.30. The average molecular weight is 441 g/mol. The summed E-state index contributed by atoms with van der Waals surface area (Å²) in [5, 5.41) is 6.20. The van der Waals surface area contributed by atoms with Crippen LogP contribution in [-0.4, -0.2) is 33.8 Å². The summed E-state index contributed by atoms with van der Waals surface area (Å²) in [6.07, 6.45) is 1.09. The number of rotatable bonds is 9. The van der Waals surface area contributed by atoms with Crippen molar-refractivity contribution in [3.8, 4) is 5.75 Å². The van der Waals surface area contributed by atoms with Gasteiger partial charge in [0.1, 0.15) is 5.75 Å². The van der Waals surface area contributed by atoms with E-state index in [2.05, 4.69) is 25.1 Å². The van der Waals surface area contributed by atoms with Crippen LogP contribution >= 0.6 is 0 Å². The first-order valence-corrected chi connectivity index (χ1v) is 11.2. The van der Waals surface area contributed by atoms with Gasteiger partial charge < -0.3 is 15.4 Å². The number of guanidine groups is 1. The molecule has 0 spiro atoms. The maximum absolute atomic E-state index is 12.7. The summed E-state index contributed by atoms with van der Waals surface area (Å²) < 4.78 is 55.5. The number of hydrogen-bond donors (Lipinski definition) is 3. The second kappa shape index (κ2) is 10.8. The highest BCUT2D eigenvalue weighted by Crippen LogP contribution is 2.23. The molecule has 3 N–H and O–H groups in total. The number of halogens is 2. The molecule has 2 rings (SSSR count). The Balaban J connectivity index is 2.16. The zero-order valence-corrected chi connectivity index (χ0v) is 17.9. The topological polar surface area (TPSA) is 91.8 Å². The molecule has 0 saturated carbocycles. The van der Waals surface area contributed by atoms with E-state index in [9.17, 15) is 17.2 Å². The van der Waals surface area contributed by atoms with E-state index in [1.54, 1.807) is 36.4 Å². The Kier molecular flexibility index (Phi) is 8.40. The van der Waals surface area contributed by atoms with Gasteiger partial charge in [-0.05, 0) is 31.5 Å². The number of nitrogens with zero attached hydrogens (tertiary/aromatic N) is 1. The predicted molar refractivity (Wildman–Crippen MR) is 114 cm³/mol. The molecule has 0 atom stereocenters. The van der Waals surface area contributed by atoms with E-state index in [4.69, 9.17) is 0 Å². The summed E-state index contributed by atoms with van der Waals surface area (Å²) in [6, 6.07) is 11.9. The zero-order valence-electron chi connectivity index (χ0n) is 17.1. The van der Waals surface area contributed by atoms with E-state index >= 15 is 0 Å². The highest BCUT2D eigenvalue weighted by atomic mass is 32.2. The number of aliphatic imine (C=N–C) groups is 1. The van der Waals surface area contributed by atoms with Gasteiger partial charge in [-0.1, -0.05) is 35.9 Å². The fourth-order valence-electron chi connectivity index (χ4n) is 2.70. The zero-order chi connectivity index (χ0) is 22.1. The fraction of sp³-hybridized carbons (Fsp3) is 0.350. The summed E-state index contributed by atoms with van der Waals surface area (Å²) in [5.74, 6) is 0.536. The Morgan fingerprint density at radius 1 is 1.13 bits per heavy atom. The molecule has 0 aliphatic rings. The van der Waals surface area contributed by atoms with Crippen molar-refractivity contribution in [3.63, 3.8) is 0 Å². The normalized spacial score (nSPS) is 12.0. The van der Waals surface area contributed by atoms with Crippen LogP contribution in [0.3, 0.4) is 0 Å². The van der Waals surface area contributed by atoms with E-state index < -0.39 is 16.6 Å². The SMILES string of the molecule is CCNC(=NCc1cc(C)ccc1OC(F)F)NCc1ccccc1NS(C)(=O)=O. The molecule has 0 aromatic heterocycles. The number of benzene rings is 2. The molecule has 164 valence electrons. The summed E-state index contributed by atoms with van der Waals surface area (Å²) in [7, 11) is -3.41. The van der Waals surface area contributed by atoms with Crippen LogP contribution in [0.15, 0.2) is 47.5 Å². The summed E-state index contributed by atoms with van der Waals surface area (Å²) >= 11 is 0. The summed E-state index contributed by atoms with van der Waals surface area (Å²) in [6.45, 7) is 1.85. The van der Waals surface area contributed by atoms with Crippen LogP contribution in [0, 0.1) is 6.92 Å². The molecule has 0 saturated heterocycles. The number of aryl methyl sites for hydroxylation is 1. The molecule has 10 heteroatoms. The number of anilines is 1. The van der Waals surface area contributed by atoms with Gasteiger partial charge >= 0.3 is 6.61 Å². The predicted octanol–water partition coefficient (Wildman–Crippen LogP) is 3.22. The molecule has 2 aromatic rings. The number of ether oxygens (including phenoxy) is 1. The standard InChI is InChI=1S/C20H26F2N4O3S/c1-4-23-20(24-12-15-7-5-6-8-17(15)26-30(3,27)28)25-13-16-11-14(2)9-10-18(16)29-19(21)22/h5-11,19,26H,4,12-13H2,1-3H3,(H2,23,24,25). The Labute approximate surface area is 175 Å². The van der Waals surface area contributed by atoms with E-state index in [1.807, 2.05) is 13.8 Å². The second-order valence-corrected chi connectivity index (χ2v) is 8.32. The lowest BCUT2D eigenvalue weighted by atomic mass is 10.1. The molecule has 0 radical (unpaired) electrons. The van der Waals surface area contributed by atoms with E-state index in [1.165, 1.54) is 6.07 Å². The number of hydrogen-bond acceptors (Lipinski definition) is 4. The molecule has 30 heavy (non-hydrogen) atoms. The lowest BCUT2D eigenvalue weighted by molar-refractivity contribution is -0.0504. The minimum Gasteiger partial charge on any atom is -0.434 e. The molecule has 0 aliphatic carbocycles. The smallest absolute Gasteiger partial charge is 0.387 e. The van der Waals surface area contributed by atoms with Crippen LogP contribution in [0.2, 0.25) is 0 Å². The van der Waals surface area contributed by atoms with Crippen LogP contribution in [0.1, 0.15) is 23.6 Å². The van der Waals surface area contributed by atoms with Crippen LogP contribution in [-0.2, 0) is 23.1 Å². The van der Waals surface area contributed by atoms with Crippen LogP contribution < -0.4 is 20.1 Å². The average Bonchev–Trinajstić information content (AvgIpc) is 2.65. The third-order valence-corrected chi connectivity index (χ3v) is 4.53. The van der Waals surface area contributed by atoms with E-state index in [-0.39, 0.29) is 12.3 Å². The van der Waals surface area contributed by atoms with Crippen molar-refractivity contribution in [2.24, 2.45) is 4.99 Å². The Hall–Kier alpha value is -2.88. The maximum atomic E-state index is 12.7.